The Labute approximate surface area is 155 Å². The summed E-state index contributed by atoms with van der Waals surface area (Å²) in [6, 6.07) is 2.40. The van der Waals surface area contributed by atoms with Crippen LogP contribution in [0.4, 0.5) is 5.69 Å². The highest BCUT2D eigenvalue weighted by Gasteiger charge is 2.25. The topological polar surface area (TPSA) is 68.0 Å². The molecule has 142 valence electrons. The Morgan fingerprint density at radius 3 is 2.88 bits per heavy atom. The zero-order valence-corrected chi connectivity index (χ0v) is 16.1. The number of hydrogen-bond acceptors (Lipinski definition) is 4. The SMILES string of the molecule is CCn1nc(C)c(NC(=O)CN2CCCC[C@@H]2CCn2cccn2)c1C. The van der Waals surface area contributed by atoms with Gasteiger partial charge in [-0.1, -0.05) is 6.42 Å². The van der Waals surface area contributed by atoms with Gasteiger partial charge in [0, 0.05) is 31.5 Å². The van der Waals surface area contributed by atoms with Gasteiger partial charge in [-0.15, -0.1) is 0 Å². The predicted molar refractivity (Wildman–Crippen MR) is 102 cm³/mol. The fourth-order valence-electron chi connectivity index (χ4n) is 3.86. The molecule has 1 saturated heterocycles. The van der Waals surface area contributed by atoms with Crippen molar-refractivity contribution in [2.75, 3.05) is 18.4 Å². The van der Waals surface area contributed by atoms with E-state index in [1.807, 2.05) is 41.7 Å². The summed E-state index contributed by atoms with van der Waals surface area (Å²) in [4.78, 5) is 15.0. The Morgan fingerprint density at radius 1 is 1.35 bits per heavy atom. The number of amides is 1. The van der Waals surface area contributed by atoms with Gasteiger partial charge in [0.25, 0.3) is 0 Å². The second-order valence-electron chi connectivity index (χ2n) is 7.09. The summed E-state index contributed by atoms with van der Waals surface area (Å²) in [5.74, 6) is 0.0536. The van der Waals surface area contributed by atoms with E-state index in [1.165, 1.54) is 6.42 Å². The highest BCUT2D eigenvalue weighted by molar-refractivity contribution is 5.93. The molecule has 26 heavy (non-hydrogen) atoms. The maximum Gasteiger partial charge on any atom is 0.238 e. The minimum atomic E-state index is 0.0536. The lowest BCUT2D eigenvalue weighted by atomic mass is 9.99. The second-order valence-corrected chi connectivity index (χ2v) is 7.09. The zero-order chi connectivity index (χ0) is 18.5. The lowest BCUT2D eigenvalue weighted by molar-refractivity contribution is -0.118. The monoisotopic (exact) mass is 358 g/mol. The molecule has 2 aromatic rings. The average molecular weight is 358 g/mol. The van der Waals surface area contributed by atoms with Crippen molar-refractivity contribution in [2.24, 2.45) is 0 Å². The molecule has 7 heteroatoms. The van der Waals surface area contributed by atoms with Crippen LogP contribution >= 0.6 is 0 Å². The van der Waals surface area contributed by atoms with Gasteiger partial charge >= 0.3 is 0 Å². The Hall–Kier alpha value is -2.15. The van der Waals surface area contributed by atoms with Crippen molar-refractivity contribution in [3.05, 3.63) is 29.8 Å². The Morgan fingerprint density at radius 2 is 2.19 bits per heavy atom. The molecule has 3 heterocycles. The molecular formula is C19H30N6O. The van der Waals surface area contributed by atoms with Crippen molar-refractivity contribution in [3.63, 3.8) is 0 Å². The summed E-state index contributed by atoms with van der Waals surface area (Å²) in [6.45, 7) is 9.16. The van der Waals surface area contributed by atoms with Crippen LogP contribution in [0.1, 0.15) is 44.0 Å². The van der Waals surface area contributed by atoms with Crippen molar-refractivity contribution in [3.8, 4) is 0 Å². The third kappa shape index (κ3) is 4.33. The van der Waals surface area contributed by atoms with Crippen LogP contribution in [0.3, 0.4) is 0 Å². The van der Waals surface area contributed by atoms with E-state index in [1.54, 1.807) is 0 Å². The summed E-state index contributed by atoms with van der Waals surface area (Å²) in [7, 11) is 0. The van der Waals surface area contributed by atoms with Crippen LogP contribution < -0.4 is 5.32 Å². The summed E-state index contributed by atoms with van der Waals surface area (Å²) in [5.41, 5.74) is 2.76. The number of nitrogens with zero attached hydrogens (tertiary/aromatic N) is 5. The number of likely N-dealkylation sites (tertiary alicyclic amines) is 1. The molecule has 1 aliphatic heterocycles. The number of aryl methyl sites for hydroxylation is 3. The van der Waals surface area contributed by atoms with E-state index in [0.717, 1.165) is 56.0 Å². The van der Waals surface area contributed by atoms with E-state index in [4.69, 9.17) is 0 Å². The van der Waals surface area contributed by atoms with Crippen molar-refractivity contribution < 1.29 is 4.79 Å². The lowest BCUT2D eigenvalue weighted by Crippen LogP contribution is -2.44. The third-order valence-electron chi connectivity index (χ3n) is 5.29. The number of hydrogen-bond donors (Lipinski definition) is 1. The van der Waals surface area contributed by atoms with Crippen LogP contribution in [0.5, 0.6) is 0 Å². The van der Waals surface area contributed by atoms with Crippen LogP contribution in [0, 0.1) is 13.8 Å². The van der Waals surface area contributed by atoms with E-state index in [-0.39, 0.29) is 5.91 Å². The summed E-state index contributed by atoms with van der Waals surface area (Å²) >= 11 is 0. The second kappa shape index (κ2) is 8.49. The maximum atomic E-state index is 12.7. The summed E-state index contributed by atoms with van der Waals surface area (Å²) in [6.07, 6.45) is 8.39. The van der Waals surface area contributed by atoms with Crippen molar-refractivity contribution in [1.82, 2.24) is 24.5 Å². The first kappa shape index (κ1) is 18.6. The lowest BCUT2D eigenvalue weighted by Gasteiger charge is -2.35. The van der Waals surface area contributed by atoms with Crippen molar-refractivity contribution in [2.45, 2.75) is 65.6 Å². The summed E-state index contributed by atoms with van der Waals surface area (Å²) < 4.78 is 3.90. The zero-order valence-electron chi connectivity index (χ0n) is 16.1. The summed E-state index contributed by atoms with van der Waals surface area (Å²) in [5, 5.41) is 11.9. The minimum Gasteiger partial charge on any atom is -0.322 e. The number of anilines is 1. The molecule has 0 aromatic carbocycles. The van der Waals surface area contributed by atoms with Gasteiger partial charge in [0.15, 0.2) is 0 Å². The van der Waals surface area contributed by atoms with Crippen LogP contribution in [0.15, 0.2) is 18.5 Å². The molecule has 3 rings (SSSR count). The van der Waals surface area contributed by atoms with Gasteiger partial charge in [0.2, 0.25) is 5.91 Å². The quantitative estimate of drug-likeness (QED) is 0.826. The van der Waals surface area contributed by atoms with Gasteiger partial charge in [0.05, 0.1) is 23.6 Å². The van der Waals surface area contributed by atoms with E-state index < -0.39 is 0 Å². The van der Waals surface area contributed by atoms with Gasteiger partial charge in [-0.25, -0.2) is 0 Å². The first-order chi connectivity index (χ1) is 12.6. The van der Waals surface area contributed by atoms with Gasteiger partial charge in [0.1, 0.15) is 0 Å². The number of nitrogens with one attached hydrogen (secondary N) is 1. The highest BCUT2D eigenvalue weighted by atomic mass is 16.2. The van der Waals surface area contributed by atoms with E-state index in [0.29, 0.717) is 12.6 Å². The molecule has 1 amide bonds. The van der Waals surface area contributed by atoms with Crippen LogP contribution in [-0.2, 0) is 17.9 Å². The predicted octanol–water partition coefficient (Wildman–Crippen LogP) is 2.60. The van der Waals surface area contributed by atoms with E-state index >= 15 is 0 Å². The molecule has 2 aromatic heterocycles. The number of piperidine rings is 1. The van der Waals surface area contributed by atoms with Crippen LogP contribution in [-0.4, -0.2) is 49.5 Å². The molecule has 0 saturated carbocycles. The smallest absolute Gasteiger partial charge is 0.238 e. The molecule has 1 aliphatic rings. The number of carbonyl (C=O) groups excluding carboxylic acids is 1. The van der Waals surface area contributed by atoms with E-state index in [9.17, 15) is 4.79 Å². The van der Waals surface area contributed by atoms with Gasteiger partial charge in [-0.3, -0.25) is 19.1 Å². The molecule has 7 nitrogen and oxygen atoms in total. The van der Waals surface area contributed by atoms with Gasteiger partial charge in [-0.05, 0) is 52.6 Å². The van der Waals surface area contributed by atoms with Crippen molar-refractivity contribution in [1.29, 1.82) is 0 Å². The Kier molecular flexibility index (Phi) is 6.08. The van der Waals surface area contributed by atoms with Crippen molar-refractivity contribution >= 4 is 11.6 Å². The number of rotatable bonds is 7. The van der Waals surface area contributed by atoms with Crippen LogP contribution in [0.25, 0.3) is 0 Å². The molecule has 0 unspecified atom stereocenters. The van der Waals surface area contributed by atoms with Gasteiger partial charge < -0.3 is 5.32 Å². The normalized spacial score (nSPS) is 18.2. The fourth-order valence-corrected chi connectivity index (χ4v) is 3.86. The molecule has 0 bridgehead atoms. The average Bonchev–Trinajstić information content (AvgIpc) is 3.24. The Balaban J connectivity index is 1.58. The van der Waals surface area contributed by atoms with Crippen LogP contribution in [0.2, 0.25) is 0 Å². The fraction of sp³-hybridized carbons (Fsp3) is 0.632. The minimum absolute atomic E-state index is 0.0536. The number of aromatic nitrogens is 4. The van der Waals surface area contributed by atoms with Gasteiger partial charge in [-0.2, -0.15) is 10.2 Å². The first-order valence-corrected chi connectivity index (χ1v) is 9.63. The molecule has 0 aliphatic carbocycles. The molecule has 0 spiro atoms. The standard InChI is InChI=1S/C19H30N6O/c1-4-25-16(3)19(15(2)22-25)21-18(26)14-23-11-6-5-8-17(23)9-13-24-12-7-10-20-24/h7,10,12,17H,4-6,8-9,11,13-14H2,1-3H3,(H,21,26)/t17-/m1/s1. The largest absolute Gasteiger partial charge is 0.322 e. The first-order valence-electron chi connectivity index (χ1n) is 9.63. The molecule has 1 N–H and O–H groups in total. The highest BCUT2D eigenvalue weighted by Crippen LogP contribution is 2.22. The molecule has 1 atom stereocenters. The molecule has 0 radical (unpaired) electrons. The molecular weight excluding hydrogens is 328 g/mol. The van der Waals surface area contributed by atoms with E-state index in [2.05, 4.69) is 27.3 Å². The molecule has 1 fully saturated rings. The maximum absolute atomic E-state index is 12.7. The number of carbonyl (C=O) groups is 1. The Bertz CT molecular complexity index is 721. The third-order valence-corrected chi connectivity index (χ3v) is 5.29.